The highest BCUT2D eigenvalue weighted by Gasteiger charge is 2.22. The van der Waals surface area contributed by atoms with Crippen LogP contribution in [0.25, 0.3) is 22.8 Å². The zero-order valence-electron chi connectivity index (χ0n) is 14.1. The summed E-state index contributed by atoms with van der Waals surface area (Å²) in [5.74, 6) is -0.173. The van der Waals surface area contributed by atoms with Gasteiger partial charge in [0.25, 0.3) is 0 Å². The largest absolute Gasteiger partial charge is 0.207 e. The van der Waals surface area contributed by atoms with Crippen molar-refractivity contribution in [3.8, 4) is 11.1 Å². The molecule has 1 heteroatoms. The summed E-state index contributed by atoms with van der Waals surface area (Å²) >= 11 is 0. The predicted octanol–water partition coefficient (Wildman–Crippen LogP) is 6.08. The Morgan fingerprint density at radius 3 is 2.32 bits per heavy atom. The van der Waals surface area contributed by atoms with E-state index in [1.54, 1.807) is 12.1 Å². The standard InChI is InChI=1S/C24H19F/c25-20-10-5-16(6-11-20)18-8-12-22-19(15-18)9-14-23-21-4-2-1-3-17(21)7-13-24(22)23/h1-6,9-11,14-15H,7-8,12-13H2. The van der Waals surface area contributed by atoms with Crippen LogP contribution in [0.4, 0.5) is 4.39 Å². The fraction of sp³-hybridized carbons (Fsp3) is 0.167. The highest BCUT2D eigenvalue weighted by Crippen LogP contribution is 2.40. The average molecular weight is 326 g/mol. The van der Waals surface area contributed by atoms with Gasteiger partial charge in [-0.3, -0.25) is 0 Å². The van der Waals surface area contributed by atoms with Crippen LogP contribution in [0, 0.1) is 5.82 Å². The minimum Gasteiger partial charge on any atom is -0.207 e. The first kappa shape index (κ1) is 14.7. The number of benzene rings is 3. The first-order chi connectivity index (χ1) is 12.3. The van der Waals surface area contributed by atoms with E-state index in [0.717, 1.165) is 31.2 Å². The molecule has 0 radical (unpaired) electrons. The Labute approximate surface area is 147 Å². The summed E-state index contributed by atoms with van der Waals surface area (Å²) < 4.78 is 13.2. The van der Waals surface area contributed by atoms with Crippen LogP contribution in [0.5, 0.6) is 0 Å². The smallest absolute Gasteiger partial charge is 0.123 e. The monoisotopic (exact) mass is 326 g/mol. The van der Waals surface area contributed by atoms with Gasteiger partial charge in [0.1, 0.15) is 5.82 Å². The molecule has 0 fully saturated rings. The van der Waals surface area contributed by atoms with Gasteiger partial charge >= 0.3 is 0 Å². The lowest BCUT2D eigenvalue weighted by Gasteiger charge is -2.26. The molecule has 0 atom stereocenters. The number of rotatable bonds is 1. The number of hydrogen-bond acceptors (Lipinski definition) is 0. The van der Waals surface area contributed by atoms with E-state index in [1.807, 2.05) is 12.1 Å². The van der Waals surface area contributed by atoms with Crippen molar-refractivity contribution in [2.24, 2.45) is 0 Å². The van der Waals surface area contributed by atoms with E-state index in [0.29, 0.717) is 0 Å². The van der Waals surface area contributed by atoms with Crippen molar-refractivity contribution >= 4 is 11.6 Å². The summed E-state index contributed by atoms with van der Waals surface area (Å²) in [6, 6.07) is 20.2. The molecular weight excluding hydrogens is 307 g/mol. The first-order valence-electron chi connectivity index (χ1n) is 8.99. The molecule has 0 unspecified atom stereocenters. The molecule has 0 bridgehead atoms. The highest BCUT2D eigenvalue weighted by molar-refractivity contribution is 5.87. The van der Waals surface area contributed by atoms with Gasteiger partial charge in [0.2, 0.25) is 0 Å². The third-order valence-electron chi connectivity index (χ3n) is 5.61. The molecule has 0 N–H and O–H groups in total. The van der Waals surface area contributed by atoms with Gasteiger partial charge in [0.05, 0.1) is 0 Å². The van der Waals surface area contributed by atoms with Crippen LogP contribution < -0.4 is 0 Å². The van der Waals surface area contributed by atoms with Crippen LogP contribution in [0.1, 0.15) is 34.2 Å². The Bertz CT molecular complexity index is 993. The van der Waals surface area contributed by atoms with Crippen molar-refractivity contribution in [3.05, 3.63) is 94.3 Å². The predicted molar refractivity (Wildman–Crippen MR) is 102 cm³/mol. The van der Waals surface area contributed by atoms with Crippen LogP contribution in [0.3, 0.4) is 0 Å². The maximum Gasteiger partial charge on any atom is 0.123 e. The third kappa shape index (κ3) is 2.42. The Kier molecular flexibility index (Phi) is 3.34. The fourth-order valence-corrected chi connectivity index (χ4v) is 4.35. The van der Waals surface area contributed by atoms with E-state index in [-0.39, 0.29) is 5.82 Å². The summed E-state index contributed by atoms with van der Waals surface area (Å²) in [6.45, 7) is 0. The third-order valence-corrected chi connectivity index (χ3v) is 5.61. The van der Waals surface area contributed by atoms with E-state index >= 15 is 0 Å². The summed E-state index contributed by atoms with van der Waals surface area (Å²) in [4.78, 5) is 0. The van der Waals surface area contributed by atoms with Crippen molar-refractivity contribution in [1.29, 1.82) is 0 Å². The van der Waals surface area contributed by atoms with Crippen LogP contribution in [-0.4, -0.2) is 0 Å². The van der Waals surface area contributed by atoms with Crippen molar-refractivity contribution in [2.75, 3.05) is 0 Å². The van der Waals surface area contributed by atoms with Gasteiger partial charge in [-0.15, -0.1) is 0 Å². The van der Waals surface area contributed by atoms with Crippen molar-refractivity contribution < 1.29 is 4.39 Å². The molecule has 2 aliphatic carbocycles. The van der Waals surface area contributed by atoms with Crippen LogP contribution in [0.15, 0.2) is 60.7 Å². The number of hydrogen-bond donors (Lipinski definition) is 0. The molecule has 3 aromatic carbocycles. The molecule has 3 aromatic rings. The number of aryl methyl sites for hydroxylation is 1. The van der Waals surface area contributed by atoms with Crippen LogP contribution in [0.2, 0.25) is 0 Å². The number of allylic oxidation sites excluding steroid dienone is 1. The fourth-order valence-electron chi connectivity index (χ4n) is 4.35. The summed E-state index contributed by atoms with van der Waals surface area (Å²) in [5.41, 5.74) is 11.1. The lowest BCUT2D eigenvalue weighted by atomic mass is 9.78. The van der Waals surface area contributed by atoms with Gasteiger partial charge in [-0.1, -0.05) is 54.6 Å². The van der Waals surface area contributed by atoms with Gasteiger partial charge in [-0.25, -0.2) is 4.39 Å². The van der Waals surface area contributed by atoms with E-state index in [1.165, 1.54) is 39.0 Å². The normalized spacial score (nSPS) is 15.0. The molecule has 122 valence electrons. The molecule has 0 saturated heterocycles. The van der Waals surface area contributed by atoms with Crippen LogP contribution >= 0.6 is 0 Å². The van der Waals surface area contributed by atoms with E-state index in [9.17, 15) is 4.39 Å². The van der Waals surface area contributed by atoms with Gasteiger partial charge in [-0.05, 0) is 82.3 Å². The quantitative estimate of drug-likeness (QED) is 0.508. The van der Waals surface area contributed by atoms with Gasteiger partial charge in [-0.2, -0.15) is 0 Å². The van der Waals surface area contributed by atoms with Crippen molar-refractivity contribution in [2.45, 2.75) is 25.7 Å². The van der Waals surface area contributed by atoms with Crippen LogP contribution in [-0.2, 0) is 19.3 Å². The number of fused-ring (bicyclic) bond motifs is 5. The second kappa shape index (κ2) is 5.70. The number of halogens is 1. The molecule has 0 heterocycles. The summed E-state index contributed by atoms with van der Waals surface area (Å²) in [6.07, 6.45) is 6.66. The molecule has 0 saturated carbocycles. The Morgan fingerprint density at radius 2 is 1.44 bits per heavy atom. The first-order valence-corrected chi connectivity index (χ1v) is 8.99. The molecule has 0 amide bonds. The molecule has 0 nitrogen and oxygen atoms in total. The molecule has 0 spiro atoms. The van der Waals surface area contributed by atoms with E-state index in [4.69, 9.17) is 0 Å². The lowest BCUT2D eigenvalue weighted by molar-refractivity contribution is 0.627. The SMILES string of the molecule is Fc1ccc(C2=Cc3ccc4c(c3CC2)CCc2ccccc2-4)cc1. The Morgan fingerprint density at radius 1 is 0.640 bits per heavy atom. The summed E-state index contributed by atoms with van der Waals surface area (Å²) in [7, 11) is 0. The van der Waals surface area contributed by atoms with Gasteiger partial charge in [0, 0.05) is 0 Å². The van der Waals surface area contributed by atoms with Crippen molar-refractivity contribution in [3.63, 3.8) is 0 Å². The van der Waals surface area contributed by atoms with E-state index < -0.39 is 0 Å². The molecule has 0 aliphatic heterocycles. The highest BCUT2D eigenvalue weighted by atomic mass is 19.1. The van der Waals surface area contributed by atoms with Gasteiger partial charge < -0.3 is 0 Å². The molecule has 5 rings (SSSR count). The minimum atomic E-state index is -0.173. The zero-order chi connectivity index (χ0) is 16.8. The zero-order valence-corrected chi connectivity index (χ0v) is 14.1. The van der Waals surface area contributed by atoms with E-state index in [2.05, 4.69) is 42.5 Å². The maximum absolute atomic E-state index is 13.2. The molecule has 25 heavy (non-hydrogen) atoms. The van der Waals surface area contributed by atoms with Gasteiger partial charge in [0.15, 0.2) is 0 Å². The van der Waals surface area contributed by atoms with Crippen molar-refractivity contribution in [1.82, 2.24) is 0 Å². The topological polar surface area (TPSA) is 0 Å². The molecule has 0 aromatic heterocycles. The lowest BCUT2D eigenvalue weighted by Crippen LogP contribution is -2.10. The Hall–Kier alpha value is -2.67. The molecule has 2 aliphatic rings. The average Bonchev–Trinajstić information content (AvgIpc) is 2.67. The molecular formula is C24H19F. The maximum atomic E-state index is 13.2. The second-order valence-corrected chi connectivity index (χ2v) is 6.99. The summed E-state index contributed by atoms with van der Waals surface area (Å²) in [5, 5.41) is 0. The second-order valence-electron chi connectivity index (χ2n) is 6.99. The Balaban J connectivity index is 1.60. The minimum absolute atomic E-state index is 0.173.